The van der Waals surface area contributed by atoms with Gasteiger partial charge in [-0.05, 0) is 68.2 Å². The number of hydrogen-bond acceptors (Lipinski definition) is 3. The fourth-order valence-corrected chi connectivity index (χ4v) is 4.73. The third-order valence-corrected chi connectivity index (χ3v) is 6.74. The molecule has 0 bridgehead atoms. The van der Waals surface area contributed by atoms with Crippen LogP contribution in [0, 0.1) is 0 Å². The molecule has 0 aliphatic rings. The first-order valence-corrected chi connectivity index (χ1v) is 11.3. The van der Waals surface area contributed by atoms with E-state index in [1.165, 1.54) is 6.07 Å². The summed E-state index contributed by atoms with van der Waals surface area (Å²) in [5.41, 5.74) is 1.81. The predicted octanol–water partition coefficient (Wildman–Crippen LogP) is 6.57. The van der Waals surface area contributed by atoms with E-state index in [9.17, 15) is 8.42 Å². The normalized spacial score (nSPS) is 12.9. The van der Waals surface area contributed by atoms with E-state index < -0.39 is 10.1 Å². The lowest BCUT2D eigenvalue weighted by Crippen LogP contribution is -2.18. The van der Waals surface area contributed by atoms with Crippen molar-refractivity contribution in [1.82, 2.24) is 0 Å². The van der Waals surface area contributed by atoms with Gasteiger partial charge in [-0.1, -0.05) is 63.5 Å². The highest BCUT2D eigenvalue weighted by atomic mass is 79.9. The van der Waals surface area contributed by atoms with Crippen molar-refractivity contribution in [3.05, 3.63) is 56.5 Å². The second-order valence-electron chi connectivity index (χ2n) is 8.36. The second kappa shape index (κ2) is 7.28. The standard InChI is InChI=1S/C20H24Br2O3S/c1-19(2,3)13-9-14(20(4,5)6)11-16(10-13)25-26(23,24)18-12-15(21)7-8-17(18)22/h7-12H,1-6H3. The fraction of sp³-hybridized carbons (Fsp3) is 0.400. The van der Waals surface area contributed by atoms with Gasteiger partial charge in [0.1, 0.15) is 10.6 Å². The van der Waals surface area contributed by atoms with Gasteiger partial charge in [-0.2, -0.15) is 8.42 Å². The van der Waals surface area contributed by atoms with E-state index in [0.29, 0.717) is 14.7 Å². The monoisotopic (exact) mass is 502 g/mol. The maximum atomic E-state index is 12.8. The minimum atomic E-state index is -3.97. The van der Waals surface area contributed by atoms with Crippen molar-refractivity contribution in [2.75, 3.05) is 0 Å². The third kappa shape index (κ3) is 5.11. The molecule has 0 aliphatic heterocycles. The Morgan fingerprint density at radius 1 is 0.808 bits per heavy atom. The minimum absolute atomic E-state index is 0.0883. The average Bonchev–Trinajstić information content (AvgIpc) is 2.47. The zero-order valence-corrected chi connectivity index (χ0v) is 19.8. The quantitative estimate of drug-likeness (QED) is 0.444. The van der Waals surface area contributed by atoms with Crippen LogP contribution in [0.25, 0.3) is 0 Å². The molecule has 0 atom stereocenters. The average molecular weight is 504 g/mol. The van der Waals surface area contributed by atoms with Crippen LogP contribution in [0.2, 0.25) is 0 Å². The number of benzene rings is 2. The van der Waals surface area contributed by atoms with E-state index in [-0.39, 0.29) is 15.7 Å². The van der Waals surface area contributed by atoms with Gasteiger partial charge in [0.2, 0.25) is 0 Å². The van der Waals surface area contributed by atoms with Crippen molar-refractivity contribution in [2.24, 2.45) is 0 Å². The maximum absolute atomic E-state index is 12.8. The molecule has 142 valence electrons. The van der Waals surface area contributed by atoms with Crippen LogP contribution in [0.1, 0.15) is 52.7 Å². The zero-order chi connectivity index (χ0) is 19.9. The number of hydrogen-bond donors (Lipinski definition) is 0. The summed E-state index contributed by atoms with van der Waals surface area (Å²) in [5.74, 6) is 0.328. The smallest absolute Gasteiger partial charge is 0.340 e. The lowest BCUT2D eigenvalue weighted by atomic mass is 9.80. The summed E-state index contributed by atoms with van der Waals surface area (Å²) < 4.78 is 32.3. The molecule has 3 nitrogen and oxygen atoms in total. The molecule has 2 rings (SSSR count). The number of rotatable bonds is 3. The molecule has 26 heavy (non-hydrogen) atoms. The largest absolute Gasteiger partial charge is 0.379 e. The molecule has 0 saturated heterocycles. The molecule has 0 aliphatic carbocycles. The van der Waals surface area contributed by atoms with Crippen molar-refractivity contribution in [2.45, 2.75) is 57.3 Å². The molecule has 0 spiro atoms. The Kier molecular flexibility index (Phi) is 6.01. The van der Waals surface area contributed by atoms with Gasteiger partial charge >= 0.3 is 10.1 Å². The maximum Gasteiger partial charge on any atom is 0.340 e. The van der Waals surface area contributed by atoms with Gasteiger partial charge in [-0.15, -0.1) is 0 Å². The Morgan fingerprint density at radius 2 is 1.31 bits per heavy atom. The molecule has 0 N–H and O–H groups in total. The molecule has 0 fully saturated rings. The zero-order valence-electron chi connectivity index (χ0n) is 15.9. The Bertz CT molecular complexity index is 889. The molecule has 0 amide bonds. The Hall–Kier alpha value is -0.850. The first kappa shape index (κ1) is 21.5. The Morgan fingerprint density at radius 3 is 1.77 bits per heavy atom. The lowest BCUT2D eigenvalue weighted by molar-refractivity contribution is 0.480. The summed E-state index contributed by atoms with van der Waals surface area (Å²) in [6.07, 6.45) is 0. The van der Waals surface area contributed by atoms with Crippen LogP contribution < -0.4 is 4.18 Å². The molecule has 6 heteroatoms. The second-order valence-corrected chi connectivity index (χ2v) is 11.6. The van der Waals surface area contributed by atoms with Gasteiger partial charge in [-0.3, -0.25) is 0 Å². The molecule has 0 radical (unpaired) electrons. The van der Waals surface area contributed by atoms with E-state index in [1.807, 2.05) is 0 Å². The van der Waals surface area contributed by atoms with E-state index in [1.54, 1.807) is 24.3 Å². The summed E-state index contributed by atoms with van der Waals surface area (Å²) in [6.45, 7) is 12.6. The van der Waals surface area contributed by atoms with Crippen LogP contribution in [-0.4, -0.2) is 8.42 Å². The third-order valence-electron chi connectivity index (χ3n) is 4.01. The summed E-state index contributed by atoms with van der Waals surface area (Å²) in [4.78, 5) is 0.0883. The van der Waals surface area contributed by atoms with Crippen LogP contribution in [0.5, 0.6) is 5.75 Å². The molecule has 2 aromatic carbocycles. The van der Waals surface area contributed by atoms with Gasteiger partial charge in [0.25, 0.3) is 0 Å². The highest BCUT2D eigenvalue weighted by Gasteiger charge is 2.25. The molecule has 2 aromatic rings. The van der Waals surface area contributed by atoms with Crippen molar-refractivity contribution in [3.8, 4) is 5.75 Å². The minimum Gasteiger partial charge on any atom is -0.379 e. The van der Waals surface area contributed by atoms with Gasteiger partial charge in [0, 0.05) is 8.95 Å². The van der Waals surface area contributed by atoms with Crippen molar-refractivity contribution in [3.63, 3.8) is 0 Å². The van der Waals surface area contributed by atoms with E-state index in [4.69, 9.17) is 4.18 Å². The number of halogens is 2. The molecular weight excluding hydrogens is 480 g/mol. The van der Waals surface area contributed by atoms with Crippen molar-refractivity contribution >= 4 is 42.0 Å². The summed E-state index contributed by atoms with van der Waals surface area (Å²) in [7, 11) is -3.97. The van der Waals surface area contributed by atoms with Crippen LogP contribution in [-0.2, 0) is 20.9 Å². The highest BCUT2D eigenvalue weighted by molar-refractivity contribution is 9.11. The van der Waals surface area contributed by atoms with Crippen LogP contribution >= 0.6 is 31.9 Å². The summed E-state index contributed by atoms with van der Waals surface area (Å²) in [6, 6.07) is 10.7. The van der Waals surface area contributed by atoms with Gasteiger partial charge in [-0.25, -0.2) is 0 Å². The highest BCUT2D eigenvalue weighted by Crippen LogP contribution is 2.35. The Balaban J connectivity index is 2.56. The molecule has 0 saturated carbocycles. The summed E-state index contributed by atoms with van der Waals surface area (Å²) >= 11 is 6.60. The summed E-state index contributed by atoms with van der Waals surface area (Å²) in [5, 5.41) is 0. The molecule has 0 heterocycles. The van der Waals surface area contributed by atoms with Gasteiger partial charge in [0.05, 0.1) is 0 Å². The van der Waals surface area contributed by atoms with E-state index >= 15 is 0 Å². The van der Waals surface area contributed by atoms with Gasteiger partial charge < -0.3 is 4.18 Å². The lowest BCUT2D eigenvalue weighted by Gasteiger charge is -2.26. The first-order valence-electron chi connectivity index (χ1n) is 8.26. The van der Waals surface area contributed by atoms with E-state index in [0.717, 1.165) is 11.1 Å². The predicted molar refractivity (Wildman–Crippen MR) is 113 cm³/mol. The van der Waals surface area contributed by atoms with Crippen LogP contribution in [0.4, 0.5) is 0 Å². The topological polar surface area (TPSA) is 43.4 Å². The van der Waals surface area contributed by atoms with E-state index in [2.05, 4.69) is 79.5 Å². The van der Waals surface area contributed by atoms with Crippen LogP contribution in [0.15, 0.2) is 50.2 Å². The van der Waals surface area contributed by atoms with Gasteiger partial charge in [0.15, 0.2) is 0 Å². The molecular formula is C20H24Br2O3S. The van der Waals surface area contributed by atoms with Crippen molar-refractivity contribution in [1.29, 1.82) is 0 Å². The van der Waals surface area contributed by atoms with Crippen molar-refractivity contribution < 1.29 is 12.6 Å². The Labute approximate surface area is 173 Å². The molecule has 0 aromatic heterocycles. The fourth-order valence-electron chi connectivity index (χ4n) is 2.35. The first-order chi connectivity index (χ1) is 11.7. The van der Waals surface area contributed by atoms with Crippen LogP contribution in [0.3, 0.4) is 0 Å². The SMILES string of the molecule is CC(C)(C)c1cc(OS(=O)(=O)c2cc(Br)ccc2Br)cc(C(C)(C)C)c1. The molecule has 0 unspecified atom stereocenters.